The summed E-state index contributed by atoms with van der Waals surface area (Å²) in [6.45, 7) is 0.956. The lowest BCUT2D eigenvalue weighted by molar-refractivity contribution is -0.138. The SMILES string of the molecule is CN(CC(=O)O)C1CN(CCS(=O)(=O)c2ccccc2)C[C@H]1O. The number of nitrogens with zero attached hydrogens (tertiary/aromatic N) is 2. The highest BCUT2D eigenvalue weighted by atomic mass is 32.2. The number of carboxylic acid groups (broad SMARTS) is 1. The first kappa shape index (κ1) is 17.9. The highest BCUT2D eigenvalue weighted by Crippen LogP contribution is 2.16. The minimum absolute atomic E-state index is 0.0287. The maximum absolute atomic E-state index is 12.3. The molecule has 1 aromatic rings. The largest absolute Gasteiger partial charge is 0.480 e. The second-order valence-corrected chi connectivity index (χ2v) is 7.94. The average Bonchev–Trinajstić information content (AvgIpc) is 2.87. The molecule has 0 amide bonds. The molecule has 0 aliphatic carbocycles. The molecule has 1 heterocycles. The van der Waals surface area contributed by atoms with Crippen molar-refractivity contribution in [2.24, 2.45) is 0 Å². The zero-order chi connectivity index (χ0) is 17.0. The number of aliphatic hydroxyl groups is 1. The molecule has 0 bridgehead atoms. The molecule has 23 heavy (non-hydrogen) atoms. The Balaban J connectivity index is 1.91. The number of aliphatic carboxylic acids is 1. The van der Waals surface area contributed by atoms with E-state index in [1.165, 1.54) is 0 Å². The molecule has 1 unspecified atom stereocenters. The molecule has 1 aliphatic rings. The molecular weight excluding hydrogens is 320 g/mol. The van der Waals surface area contributed by atoms with E-state index in [-0.39, 0.29) is 18.3 Å². The van der Waals surface area contributed by atoms with E-state index in [1.54, 1.807) is 42.3 Å². The number of likely N-dealkylation sites (tertiary alicyclic amines) is 1. The van der Waals surface area contributed by atoms with Crippen LogP contribution >= 0.6 is 0 Å². The smallest absolute Gasteiger partial charge is 0.317 e. The number of hydrogen-bond acceptors (Lipinski definition) is 6. The van der Waals surface area contributed by atoms with Crippen LogP contribution in [0.3, 0.4) is 0 Å². The second kappa shape index (κ2) is 7.39. The van der Waals surface area contributed by atoms with E-state index in [2.05, 4.69) is 0 Å². The third-order valence-corrected chi connectivity index (χ3v) is 5.77. The Hall–Kier alpha value is -1.48. The molecule has 8 heteroatoms. The van der Waals surface area contributed by atoms with E-state index >= 15 is 0 Å². The molecule has 2 atom stereocenters. The highest BCUT2D eigenvalue weighted by molar-refractivity contribution is 7.91. The lowest BCUT2D eigenvalue weighted by Crippen LogP contribution is -2.43. The maximum atomic E-state index is 12.3. The summed E-state index contributed by atoms with van der Waals surface area (Å²) < 4.78 is 24.5. The predicted molar refractivity (Wildman–Crippen MR) is 85.0 cm³/mol. The minimum Gasteiger partial charge on any atom is -0.480 e. The van der Waals surface area contributed by atoms with Crippen molar-refractivity contribution in [1.29, 1.82) is 0 Å². The molecular formula is C15H22N2O5S. The first-order valence-corrected chi connectivity index (χ1v) is 9.05. The molecule has 2 rings (SSSR count). The van der Waals surface area contributed by atoms with Crippen LogP contribution in [-0.2, 0) is 14.6 Å². The van der Waals surface area contributed by atoms with E-state index in [0.717, 1.165) is 0 Å². The average molecular weight is 342 g/mol. The fraction of sp³-hybridized carbons (Fsp3) is 0.533. The number of rotatable bonds is 7. The van der Waals surface area contributed by atoms with Crippen molar-refractivity contribution in [3.05, 3.63) is 30.3 Å². The summed E-state index contributed by atoms with van der Waals surface area (Å²) in [5, 5.41) is 18.9. The first-order chi connectivity index (χ1) is 10.8. The van der Waals surface area contributed by atoms with Gasteiger partial charge in [0.25, 0.3) is 0 Å². The Labute approximate surface area is 136 Å². The van der Waals surface area contributed by atoms with Crippen molar-refractivity contribution in [1.82, 2.24) is 9.80 Å². The van der Waals surface area contributed by atoms with Crippen LogP contribution in [0.25, 0.3) is 0 Å². The molecule has 1 aliphatic heterocycles. The number of benzene rings is 1. The fourth-order valence-corrected chi connectivity index (χ4v) is 4.09. The highest BCUT2D eigenvalue weighted by Gasteiger charge is 2.35. The molecule has 1 fully saturated rings. The predicted octanol–water partition coefficient (Wildman–Crippen LogP) is -0.478. The van der Waals surface area contributed by atoms with Crippen LogP contribution in [0.1, 0.15) is 0 Å². The number of carbonyl (C=O) groups is 1. The maximum Gasteiger partial charge on any atom is 0.317 e. The van der Waals surface area contributed by atoms with Crippen molar-refractivity contribution in [2.75, 3.05) is 39.0 Å². The van der Waals surface area contributed by atoms with Gasteiger partial charge in [0.05, 0.1) is 23.3 Å². The van der Waals surface area contributed by atoms with Crippen molar-refractivity contribution in [3.8, 4) is 0 Å². The Morgan fingerprint density at radius 2 is 1.96 bits per heavy atom. The topological polar surface area (TPSA) is 98.2 Å². The Morgan fingerprint density at radius 1 is 1.30 bits per heavy atom. The van der Waals surface area contributed by atoms with Crippen molar-refractivity contribution >= 4 is 15.8 Å². The van der Waals surface area contributed by atoms with E-state index in [4.69, 9.17) is 5.11 Å². The lowest BCUT2D eigenvalue weighted by atomic mass is 10.2. The minimum atomic E-state index is -3.35. The summed E-state index contributed by atoms with van der Waals surface area (Å²) in [6, 6.07) is 7.96. The van der Waals surface area contributed by atoms with Gasteiger partial charge in [0.1, 0.15) is 0 Å². The second-order valence-electron chi connectivity index (χ2n) is 5.84. The van der Waals surface area contributed by atoms with Crippen molar-refractivity contribution in [2.45, 2.75) is 17.0 Å². The van der Waals surface area contributed by atoms with Gasteiger partial charge in [0, 0.05) is 25.7 Å². The van der Waals surface area contributed by atoms with Gasteiger partial charge in [-0.05, 0) is 19.2 Å². The molecule has 0 spiro atoms. The summed E-state index contributed by atoms with van der Waals surface area (Å²) in [7, 11) is -1.71. The number of carboxylic acids is 1. The normalized spacial score (nSPS) is 22.6. The van der Waals surface area contributed by atoms with Gasteiger partial charge in [0.2, 0.25) is 0 Å². The van der Waals surface area contributed by atoms with E-state index in [1.807, 2.05) is 4.90 Å². The van der Waals surface area contributed by atoms with Crippen LogP contribution in [0.2, 0.25) is 0 Å². The molecule has 1 saturated heterocycles. The zero-order valence-electron chi connectivity index (χ0n) is 13.0. The third kappa shape index (κ3) is 4.74. The summed E-state index contributed by atoms with van der Waals surface area (Å²) in [5.41, 5.74) is 0. The quantitative estimate of drug-likeness (QED) is 0.691. The zero-order valence-corrected chi connectivity index (χ0v) is 13.8. The summed E-state index contributed by atoms with van der Waals surface area (Å²) in [5.74, 6) is -0.983. The van der Waals surface area contributed by atoms with Crippen LogP contribution in [0.4, 0.5) is 0 Å². The van der Waals surface area contributed by atoms with Crippen LogP contribution < -0.4 is 0 Å². The van der Waals surface area contributed by atoms with Gasteiger partial charge in [-0.3, -0.25) is 14.6 Å². The van der Waals surface area contributed by atoms with Crippen molar-refractivity contribution in [3.63, 3.8) is 0 Å². The van der Waals surface area contributed by atoms with Crippen LogP contribution in [0, 0.1) is 0 Å². The number of likely N-dealkylation sites (N-methyl/N-ethyl adjacent to an activating group) is 1. The molecule has 0 aromatic heterocycles. The van der Waals surface area contributed by atoms with Gasteiger partial charge in [-0.2, -0.15) is 0 Å². The van der Waals surface area contributed by atoms with Gasteiger partial charge in [-0.1, -0.05) is 18.2 Å². The molecule has 7 nitrogen and oxygen atoms in total. The lowest BCUT2D eigenvalue weighted by Gasteiger charge is -2.24. The van der Waals surface area contributed by atoms with Gasteiger partial charge in [-0.15, -0.1) is 0 Å². The number of sulfone groups is 1. The van der Waals surface area contributed by atoms with Crippen LogP contribution in [0.15, 0.2) is 35.2 Å². The monoisotopic (exact) mass is 342 g/mol. The Morgan fingerprint density at radius 3 is 2.57 bits per heavy atom. The van der Waals surface area contributed by atoms with E-state index in [0.29, 0.717) is 24.5 Å². The molecule has 1 aromatic carbocycles. The van der Waals surface area contributed by atoms with Gasteiger partial charge >= 0.3 is 5.97 Å². The molecule has 128 valence electrons. The molecule has 0 saturated carbocycles. The number of β-amino-alcohol motifs (C(OH)–C–C–N with tert-alkyl or cyclic N) is 1. The van der Waals surface area contributed by atoms with Crippen molar-refractivity contribution < 1.29 is 23.4 Å². The van der Waals surface area contributed by atoms with Gasteiger partial charge in [-0.25, -0.2) is 8.42 Å². The number of hydrogen-bond donors (Lipinski definition) is 2. The van der Waals surface area contributed by atoms with E-state index < -0.39 is 21.9 Å². The first-order valence-electron chi connectivity index (χ1n) is 7.40. The van der Waals surface area contributed by atoms with Crippen LogP contribution in [-0.4, -0.2) is 85.5 Å². The van der Waals surface area contributed by atoms with Crippen LogP contribution in [0.5, 0.6) is 0 Å². The summed E-state index contributed by atoms with van der Waals surface area (Å²) in [6.07, 6.45) is -0.682. The van der Waals surface area contributed by atoms with Gasteiger partial charge in [0.15, 0.2) is 9.84 Å². The fourth-order valence-electron chi connectivity index (χ4n) is 2.79. The Bertz CT molecular complexity index is 635. The number of aliphatic hydroxyl groups excluding tert-OH is 1. The summed E-state index contributed by atoms with van der Waals surface area (Å²) >= 11 is 0. The molecule has 0 radical (unpaired) electrons. The van der Waals surface area contributed by atoms with Gasteiger partial charge < -0.3 is 10.2 Å². The summed E-state index contributed by atoms with van der Waals surface area (Å²) in [4.78, 5) is 14.5. The third-order valence-electron chi connectivity index (χ3n) is 4.06. The molecule has 2 N–H and O–H groups in total. The van der Waals surface area contributed by atoms with E-state index in [9.17, 15) is 18.3 Å². The Kier molecular flexibility index (Phi) is 5.74. The standard InChI is InChI=1S/C15H22N2O5S/c1-16(11-15(19)20)13-9-17(10-14(13)18)7-8-23(21,22)12-5-3-2-4-6-12/h2-6,13-14,18H,7-11H2,1H3,(H,19,20)/t13?,14-/m1/s1.